The van der Waals surface area contributed by atoms with Crippen LogP contribution in [0.4, 0.5) is 24.5 Å². The van der Waals surface area contributed by atoms with E-state index in [4.69, 9.17) is 0 Å². The van der Waals surface area contributed by atoms with Gasteiger partial charge in [-0.05, 0) is 55.8 Å². The van der Waals surface area contributed by atoms with Gasteiger partial charge < -0.3 is 10.1 Å². The third kappa shape index (κ3) is 5.88. The van der Waals surface area contributed by atoms with Gasteiger partial charge in [-0.1, -0.05) is 12.1 Å². The number of amides is 1. The number of benzene rings is 2. The molecule has 0 radical (unpaired) electrons. The van der Waals surface area contributed by atoms with Gasteiger partial charge in [0, 0.05) is 5.69 Å². The van der Waals surface area contributed by atoms with Crippen LogP contribution in [0.15, 0.2) is 48.5 Å². The van der Waals surface area contributed by atoms with Gasteiger partial charge >= 0.3 is 6.36 Å². The van der Waals surface area contributed by atoms with Crippen molar-refractivity contribution in [1.82, 2.24) is 0 Å². The Morgan fingerprint density at radius 2 is 1.75 bits per heavy atom. The van der Waals surface area contributed by atoms with E-state index in [1.807, 2.05) is 0 Å². The highest BCUT2D eigenvalue weighted by Gasteiger charge is 2.31. The van der Waals surface area contributed by atoms with Crippen LogP contribution >= 0.6 is 0 Å². The van der Waals surface area contributed by atoms with E-state index >= 15 is 0 Å². The minimum Gasteiger partial charge on any atom is -0.406 e. The molecule has 0 heterocycles. The number of nitrogens with zero attached hydrogens (tertiary/aromatic N) is 1. The maximum absolute atomic E-state index is 12.5. The molecule has 2 rings (SSSR count). The fraction of sp³-hybridized carbons (Fsp3) is 0.278. The maximum atomic E-state index is 12.5. The van der Waals surface area contributed by atoms with Gasteiger partial charge in [-0.25, -0.2) is 8.42 Å². The predicted octanol–water partition coefficient (Wildman–Crippen LogP) is 3.69. The summed E-state index contributed by atoms with van der Waals surface area (Å²) in [6, 6.07) is 10.1. The van der Waals surface area contributed by atoms with Crippen LogP contribution in [0.3, 0.4) is 0 Å². The number of aryl methyl sites for hydroxylation is 1. The van der Waals surface area contributed by atoms with E-state index in [0.29, 0.717) is 5.69 Å². The Hall–Kier alpha value is -2.75. The first-order chi connectivity index (χ1) is 12.9. The number of alkyl halides is 3. The molecule has 0 aliphatic carbocycles. The van der Waals surface area contributed by atoms with E-state index in [0.717, 1.165) is 28.3 Å². The molecule has 0 aromatic heterocycles. The molecule has 0 aliphatic rings. The van der Waals surface area contributed by atoms with Crippen LogP contribution < -0.4 is 14.4 Å². The van der Waals surface area contributed by atoms with Crippen LogP contribution in [-0.4, -0.2) is 33.0 Å². The molecule has 152 valence electrons. The van der Waals surface area contributed by atoms with Crippen molar-refractivity contribution in [2.24, 2.45) is 0 Å². The van der Waals surface area contributed by atoms with Gasteiger partial charge in [0.2, 0.25) is 15.9 Å². The van der Waals surface area contributed by atoms with Crippen molar-refractivity contribution in [2.75, 3.05) is 15.9 Å². The summed E-state index contributed by atoms with van der Waals surface area (Å²) in [6.45, 7) is 3.21. The van der Waals surface area contributed by atoms with Crippen LogP contribution in [0.25, 0.3) is 0 Å². The van der Waals surface area contributed by atoms with E-state index < -0.39 is 34.1 Å². The number of rotatable bonds is 6. The summed E-state index contributed by atoms with van der Waals surface area (Å²) in [4.78, 5) is 12.5. The molecule has 6 nitrogen and oxygen atoms in total. The summed E-state index contributed by atoms with van der Waals surface area (Å²) in [5.41, 5.74) is 1.35. The number of sulfonamides is 1. The van der Waals surface area contributed by atoms with Crippen LogP contribution in [0.2, 0.25) is 0 Å². The minimum atomic E-state index is -4.82. The lowest BCUT2D eigenvalue weighted by molar-refractivity contribution is -0.274. The Morgan fingerprint density at radius 1 is 1.14 bits per heavy atom. The van der Waals surface area contributed by atoms with Gasteiger partial charge in [0.1, 0.15) is 11.8 Å². The Morgan fingerprint density at radius 3 is 2.25 bits per heavy atom. The first-order valence-corrected chi connectivity index (χ1v) is 9.94. The number of nitrogens with one attached hydrogen (secondary N) is 1. The molecule has 0 saturated heterocycles. The van der Waals surface area contributed by atoms with Gasteiger partial charge in [-0.15, -0.1) is 13.2 Å². The lowest BCUT2D eigenvalue weighted by atomic mass is 10.2. The smallest absolute Gasteiger partial charge is 0.406 e. The van der Waals surface area contributed by atoms with Crippen molar-refractivity contribution in [3.63, 3.8) is 0 Å². The molecule has 2 aromatic rings. The lowest BCUT2D eigenvalue weighted by Gasteiger charge is -2.28. The monoisotopic (exact) mass is 416 g/mol. The molecular weight excluding hydrogens is 397 g/mol. The zero-order valence-corrected chi connectivity index (χ0v) is 16.1. The molecule has 10 heteroatoms. The van der Waals surface area contributed by atoms with Crippen molar-refractivity contribution < 1.29 is 31.1 Å². The third-order valence-electron chi connectivity index (χ3n) is 3.70. The average molecular weight is 416 g/mol. The Bertz CT molecular complexity index is 944. The van der Waals surface area contributed by atoms with Crippen LogP contribution in [0.5, 0.6) is 5.75 Å². The second-order valence-electron chi connectivity index (χ2n) is 6.14. The van der Waals surface area contributed by atoms with Crippen molar-refractivity contribution in [1.29, 1.82) is 0 Å². The van der Waals surface area contributed by atoms with E-state index in [1.165, 1.54) is 19.1 Å². The largest absolute Gasteiger partial charge is 0.573 e. The summed E-state index contributed by atoms with van der Waals surface area (Å²) >= 11 is 0. The first-order valence-electron chi connectivity index (χ1n) is 8.09. The van der Waals surface area contributed by atoms with Gasteiger partial charge in [0.15, 0.2) is 0 Å². The van der Waals surface area contributed by atoms with Crippen molar-refractivity contribution >= 4 is 27.3 Å². The number of anilines is 2. The molecule has 0 aliphatic heterocycles. The second-order valence-corrected chi connectivity index (χ2v) is 7.99. The van der Waals surface area contributed by atoms with Crippen molar-refractivity contribution in [3.05, 3.63) is 54.1 Å². The van der Waals surface area contributed by atoms with Crippen LogP contribution in [0.1, 0.15) is 12.5 Å². The van der Waals surface area contributed by atoms with Gasteiger partial charge in [-0.2, -0.15) is 0 Å². The summed E-state index contributed by atoms with van der Waals surface area (Å²) in [5.74, 6) is -1.08. The molecule has 0 spiro atoms. The lowest BCUT2D eigenvalue weighted by Crippen LogP contribution is -2.45. The quantitative estimate of drug-likeness (QED) is 0.779. The molecule has 1 atom stereocenters. The van der Waals surface area contributed by atoms with Gasteiger partial charge in [0.25, 0.3) is 0 Å². The van der Waals surface area contributed by atoms with Crippen molar-refractivity contribution in [2.45, 2.75) is 26.3 Å². The van der Waals surface area contributed by atoms with Gasteiger partial charge in [0.05, 0.1) is 11.9 Å². The highest BCUT2D eigenvalue weighted by Crippen LogP contribution is 2.25. The Kier molecular flexibility index (Phi) is 6.23. The topological polar surface area (TPSA) is 75.7 Å². The molecule has 0 bridgehead atoms. The van der Waals surface area contributed by atoms with Gasteiger partial charge in [-0.3, -0.25) is 9.10 Å². The fourth-order valence-corrected chi connectivity index (χ4v) is 3.73. The maximum Gasteiger partial charge on any atom is 0.573 e. The predicted molar refractivity (Wildman–Crippen MR) is 99.7 cm³/mol. The molecule has 1 N–H and O–H groups in total. The van der Waals surface area contributed by atoms with E-state index in [-0.39, 0.29) is 5.69 Å². The highest BCUT2D eigenvalue weighted by molar-refractivity contribution is 7.92. The molecule has 0 saturated carbocycles. The second kappa shape index (κ2) is 8.09. The average Bonchev–Trinajstić information content (AvgIpc) is 2.54. The molecular formula is C18H19F3N2O4S. The van der Waals surface area contributed by atoms with Crippen LogP contribution in [-0.2, 0) is 14.8 Å². The fourth-order valence-electron chi connectivity index (χ4n) is 2.56. The third-order valence-corrected chi connectivity index (χ3v) is 4.94. The summed E-state index contributed by atoms with van der Waals surface area (Å²) in [5, 5.41) is 2.49. The molecule has 28 heavy (non-hydrogen) atoms. The molecule has 1 unspecified atom stereocenters. The molecule has 2 aromatic carbocycles. The van der Waals surface area contributed by atoms with Crippen molar-refractivity contribution in [3.8, 4) is 5.75 Å². The molecule has 0 fully saturated rings. The van der Waals surface area contributed by atoms with Crippen LogP contribution in [0, 0.1) is 6.92 Å². The zero-order chi connectivity index (χ0) is 21.1. The first kappa shape index (κ1) is 21.5. The number of hydrogen-bond acceptors (Lipinski definition) is 4. The Balaban J connectivity index is 2.19. The zero-order valence-electron chi connectivity index (χ0n) is 15.3. The normalized spacial score (nSPS) is 12.9. The number of hydrogen-bond donors (Lipinski definition) is 1. The molecule has 1 amide bonds. The number of halogens is 3. The standard InChI is InChI=1S/C18H19F3N2O4S/c1-12-5-4-6-15(11-12)23(28(3,25)26)13(2)17(24)22-14-7-9-16(10-8-14)27-18(19,20)21/h4-11,13H,1-3H3,(H,22,24). The van der Waals surface area contributed by atoms with E-state index in [1.54, 1.807) is 31.2 Å². The number of ether oxygens (including phenoxy) is 1. The summed E-state index contributed by atoms with van der Waals surface area (Å²) in [7, 11) is -3.77. The summed E-state index contributed by atoms with van der Waals surface area (Å²) < 4.78 is 65.8. The highest BCUT2D eigenvalue weighted by atomic mass is 32.2. The van der Waals surface area contributed by atoms with E-state index in [2.05, 4.69) is 10.1 Å². The number of carbonyl (C=O) groups is 1. The number of carbonyl (C=O) groups excluding carboxylic acids is 1. The SMILES string of the molecule is Cc1cccc(N(C(C)C(=O)Nc2ccc(OC(F)(F)F)cc2)S(C)(=O)=O)c1. The Labute approximate surface area is 161 Å². The minimum absolute atomic E-state index is 0.198. The van der Waals surface area contributed by atoms with E-state index in [9.17, 15) is 26.4 Å². The summed E-state index contributed by atoms with van der Waals surface area (Å²) in [6.07, 6.45) is -3.83.